The smallest absolute Gasteiger partial charge is 0.194 e. The molecular weight excluding hydrogens is 320 g/mol. The highest BCUT2D eigenvalue weighted by Gasteiger charge is 2.27. The van der Waals surface area contributed by atoms with Crippen molar-refractivity contribution < 1.29 is 4.79 Å². The van der Waals surface area contributed by atoms with Crippen LogP contribution in [0.1, 0.15) is 21.5 Å². The van der Waals surface area contributed by atoms with Gasteiger partial charge in [-0.05, 0) is 24.6 Å². The Kier molecular flexibility index (Phi) is 3.16. The number of carbonyl (C=O) groups excluding carboxylic acids is 1. The second-order valence-corrected chi connectivity index (χ2v) is 6.62. The van der Waals surface area contributed by atoms with Crippen LogP contribution in [-0.2, 0) is 0 Å². The maximum atomic E-state index is 13.0. The summed E-state index contributed by atoms with van der Waals surface area (Å²) >= 11 is 0. The van der Waals surface area contributed by atoms with Gasteiger partial charge in [-0.1, -0.05) is 60.2 Å². The molecule has 0 bridgehead atoms. The summed E-state index contributed by atoms with van der Waals surface area (Å²) in [6.07, 6.45) is 1.83. The van der Waals surface area contributed by atoms with Crippen molar-refractivity contribution in [3.8, 4) is 11.1 Å². The fraction of sp³-hybridized carbons (Fsp3) is 0.0435. The highest BCUT2D eigenvalue weighted by atomic mass is 16.1. The molecule has 0 spiro atoms. The topological polar surface area (TPSA) is 42.0 Å². The molecule has 4 aromatic rings. The molecule has 0 saturated carbocycles. The molecule has 3 nitrogen and oxygen atoms in total. The van der Waals surface area contributed by atoms with Gasteiger partial charge in [-0.25, -0.2) is 4.98 Å². The third-order valence-corrected chi connectivity index (χ3v) is 4.92. The molecule has 0 aliphatic heterocycles. The number of nitrogens with one attached hydrogen (secondary N) is 1. The largest absolute Gasteiger partial charge is 0.340 e. The average molecular weight is 336 g/mol. The summed E-state index contributed by atoms with van der Waals surface area (Å²) in [5, 5.41) is 5.39. The lowest BCUT2D eigenvalue weighted by atomic mass is 9.83. The normalized spacial score (nSPS) is 12.1. The fourth-order valence-corrected chi connectivity index (χ4v) is 3.64. The lowest BCUT2D eigenvalue weighted by Crippen LogP contribution is -2.11. The zero-order valence-electron chi connectivity index (χ0n) is 14.3. The minimum atomic E-state index is 0.0752. The van der Waals surface area contributed by atoms with Gasteiger partial charge in [0, 0.05) is 39.3 Å². The molecule has 3 aromatic carbocycles. The van der Waals surface area contributed by atoms with Crippen LogP contribution in [-0.4, -0.2) is 10.8 Å². The molecule has 0 radical (unpaired) electrons. The van der Waals surface area contributed by atoms with E-state index in [0.717, 1.165) is 44.5 Å². The van der Waals surface area contributed by atoms with Crippen molar-refractivity contribution in [1.82, 2.24) is 4.98 Å². The first-order valence-electron chi connectivity index (χ1n) is 8.62. The summed E-state index contributed by atoms with van der Waals surface area (Å²) < 4.78 is 0. The Bertz CT molecular complexity index is 1180. The van der Waals surface area contributed by atoms with E-state index in [-0.39, 0.29) is 5.78 Å². The van der Waals surface area contributed by atoms with Crippen molar-refractivity contribution >= 4 is 28.1 Å². The van der Waals surface area contributed by atoms with Crippen LogP contribution in [0.15, 0.2) is 72.9 Å². The summed E-state index contributed by atoms with van der Waals surface area (Å²) in [5.74, 6) is 0.847. The third-order valence-electron chi connectivity index (χ3n) is 4.92. The monoisotopic (exact) mass is 336 g/mol. The molecule has 1 aliphatic carbocycles. The highest BCUT2D eigenvalue weighted by Crippen LogP contribution is 2.43. The van der Waals surface area contributed by atoms with Crippen LogP contribution in [0.3, 0.4) is 0 Å². The predicted molar refractivity (Wildman–Crippen MR) is 105 cm³/mol. The second-order valence-electron chi connectivity index (χ2n) is 6.62. The van der Waals surface area contributed by atoms with Crippen LogP contribution >= 0.6 is 0 Å². The highest BCUT2D eigenvalue weighted by molar-refractivity contribution is 6.27. The minimum Gasteiger partial charge on any atom is -0.340 e. The number of rotatable bonds is 2. The van der Waals surface area contributed by atoms with E-state index >= 15 is 0 Å². The lowest BCUT2D eigenvalue weighted by Gasteiger charge is -2.22. The first-order chi connectivity index (χ1) is 12.7. The van der Waals surface area contributed by atoms with E-state index in [1.165, 1.54) is 5.56 Å². The molecule has 124 valence electrons. The molecule has 0 amide bonds. The summed E-state index contributed by atoms with van der Waals surface area (Å²) in [4.78, 5) is 17.6. The Morgan fingerprint density at radius 1 is 0.808 bits per heavy atom. The van der Waals surface area contributed by atoms with Crippen molar-refractivity contribution in [2.45, 2.75) is 6.92 Å². The first-order valence-corrected chi connectivity index (χ1v) is 8.62. The number of pyridine rings is 1. The molecule has 0 unspecified atom stereocenters. The Morgan fingerprint density at radius 3 is 2.35 bits per heavy atom. The van der Waals surface area contributed by atoms with E-state index in [4.69, 9.17) is 0 Å². The number of fused-ring (bicyclic) bond motifs is 2. The minimum absolute atomic E-state index is 0.0752. The number of anilines is 2. The van der Waals surface area contributed by atoms with Crippen LogP contribution in [0, 0.1) is 6.92 Å². The summed E-state index contributed by atoms with van der Waals surface area (Å²) in [7, 11) is 0. The zero-order chi connectivity index (χ0) is 17.7. The summed E-state index contributed by atoms with van der Waals surface area (Å²) in [6.45, 7) is 2.07. The Labute approximate surface area is 151 Å². The molecule has 5 rings (SSSR count). The molecule has 0 saturated heterocycles. The predicted octanol–water partition coefficient (Wildman–Crippen LogP) is 5.50. The molecule has 0 fully saturated rings. The van der Waals surface area contributed by atoms with Crippen molar-refractivity contribution in [1.29, 1.82) is 0 Å². The van der Waals surface area contributed by atoms with Gasteiger partial charge in [-0.3, -0.25) is 4.79 Å². The van der Waals surface area contributed by atoms with Crippen molar-refractivity contribution in [3.63, 3.8) is 0 Å². The van der Waals surface area contributed by atoms with Crippen LogP contribution in [0.2, 0.25) is 0 Å². The molecule has 1 aromatic heterocycles. The summed E-state index contributed by atoms with van der Waals surface area (Å²) in [6, 6.07) is 21.8. The molecule has 1 heterocycles. The van der Waals surface area contributed by atoms with E-state index in [1.54, 1.807) is 0 Å². The molecule has 26 heavy (non-hydrogen) atoms. The zero-order valence-corrected chi connectivity index (χ0v) is 14.3. The average Bonchev–Trinajstić information content (AvgIpc) is 2.68. The standard InChI is InChI=1S/C23H16N2O/c1-14-9-11-16(12-10-14)25-23-21-17-6-2-3-7-18(17)22(26)19-8-4-5-15(13-24-23)20(19)21/h2-13H,1H3,(H,24,25). The van der Waals surface area contributed by atoms with Crippen molar-refractivity contribution in [3.05, 3.63) is 89.6 Å². The number of carbonyl (C=O) groups is 1. The Hall–Kier alpha value is -3.46. The van der Waals surface area contributed by atoms with E-state index in [2.05, 4.69) is 29.4 Å². The number of aromatic nitrogens is 1. The lowest BCUT2D eigenvalue weighted by molar-refractivity contribution is 0.104. The third kappa shape index (κ3) is 2.14. The number of aryl methyl sites for hydroxylation is 1. The Morgan fingerprint density at radius 2 is 1.54 bits per heavy atom. The van der Waals surface area contributed by atoms with Gasteiger partial charge in [-0.15, -0.1) is 0 Å². The number of hydrogen-bond acceptors (Lipinski definition) is 3. The SMILES string of the molecule is Cc1ccc(Nc2ncc3cccc4c3c2-c2ccccc2C4=O)cc1. The van der Waals surface area contributed by atoms with E-state index in [1.807, 2.05) is 60.8 Å². The van der Waals surface area contributed by atoms with Gasteiger partial charge >= 0.3 is 0 Å². The van der Waals surface area contributed by atoms with E-state index < -0.39 is 0 Å². The van der Waals surface area contributed by atoms with Gasteiger partial charge in [-0.2, -0.15) is 0 Å². The van der Waals surface area contributed by atoms with Crippen LogP contribution in [0.25, 0.3) is 21.9 Å². The first kappa shape index (κ1) is 14.8. The van der Waals surface area contributed by atoms with Gasteiger partial charge < -0.3 is 5.32 Å². The number of benzene rings is 3. The second kappa shape index (κ2) is 5.53. The van der Waals surface area contributed by atoms with Gasteiger partial charge in [0.2, 0.25) is 0 Å². The quantitative estimate of drug-likeness (QED) is 0.463. The van der Waals surface area contributed by atoms with Crippen LogP contribution < -0.4 is 5.32 Å². The number of hydrogen-bond donors (Lipinski definition) is 1. The van der Waals surface area contributed by atoms with Gasteiger partial charge in [0.1, 0.15) is 5.82 Å². The van der Waals surface area contributed by atoms with Crippen LogP contribution in [0.4, 0.5) is 11.5 Å². The molecule has 3 heteroatoms. The van der Waals surface area contributed by atoms with Crippen molar-refractivity contribution in [2.75, 3.05) is 5.32 Å². The number of nitrogens with zero attached hydrogens (tertiary/aromatic N) is 1. The molecule has 1 aliphatic rings. The fourth-order valence-electron chi connectivity index (χ4n) is 3.64. The van der Waals surface area contributed by atoms with E-state index in [0.29, 0.717) is 0 Å². The Balaban J connectivity index is 1.81. The van der Waals surface area contributed by atoms with Gasteiger partial charge in [0.15, 0.2) is 5.78 Å². The van der Waals surface area contributed by atoms with Gasteiger partial charge in [0.25, 0.3) is 0 Å². The van der Waals surface area contributed by atoms with Gasteiger partial charge in [0.05, 0.1) is 0 Å². The summed E-state index contributed by atoms with van der Waals surface area (Å²) in [5.41, 5.74) is 5.59. The maximum Gasteiger partial charge on any atom is 0.194 e. The number of ketones is 1. The maximum absolute atomic E-state index is 13.0. The molecule has 0 atom stereocenters. The molecular formula is C23H16N2O. The van der Waals surface area contributed by atoms with Crippen LogP contribution in [0.5, 0.6) is 0 Å². The van der Waals surface area contributed by atoms with Crippen molar-refractivity contribution in [2.24, 2.45) is 0 Å². The van der Waals surface area contributed by atoms with E-state index in [9.17, 15) is 4.79 Å². The molecule has 1 N–H and O–H groups in total.